The first-order valence-corrected chi connectivity index (χ1v) is 5.57. The maximum Gasteiger partial charge on any atom is 0.165 e. The van der Waals surface area contributed by atoms with Crippen LogP contribution in [0.2, 0.25) is 0 Å². The first-order valence-electron chi connectivity index (χ1n) is 5.57. The van der Waals surface area contributed by atoms with Gasteiger partial charge in [0.15, 0.2) is 11.6 Å². The molecule has 0 saturated heterocycles. The summed E-state index contributed by atoms with van der Waals surface area (Å²) in [7, 11) is 0. The molecule has 90 valence electrons. The quantitative estimate of drug-likeness (QED) is 0.862. The highest BCUT2D eigenvalue weighted by Crippen LogP contribution is 2.09. The van der Waals surface area contributed by atoms with E-state index in [-0.39, 0.29) is 5.82 Å². The smallest absolute Gasteiger partial charge is 0.165 e. The van der Waals surface area contributed by atoms with E-state index in [2.05, 4.69) is 22.3 Å². The minimum Gasteiger partial charge on any atom is -0.367 e. The Kier molecular flexibility index (Phi) is 3.69. The van der Waals surface area contributed by atoms with Gasteiger partial charge in [-0.15, -0.1) is 0 Å². The minimum atomic E-state index is -0.321. The fourth-order valence-electron chi connectivity index (χ4n) is 1.58. The van der Waals surface area contributed by atoms with Gasteiger partial charge in [0.05, 0.1) is 0 Å². The molecule has 0 radical (unpaired) electrons. The molecule has 1 atom stereocenters. The highest BCUT2D eigenvalue weighted by molar-refractivity contribution is 5.35. The molecule has 4 nitrogen and oxygen atoms in total. The third kappa shape index (κ3) is 3.27. The Bertz CT molecular complexity index is 455. The van der Waals surface area contributed by atoms with E-state index in [1.54, 1.807) is 18.5 Å². The van der Waals surface area contributed by atoms with Crippen molar-refractivity contribution in [3.05, 3.63) is 42.6 Å². The van der Waals surface area contributed by atoms with Gasteiger partial charge in [-0.3, -0.25) is 4.68 Å². The van der Waals surface area contributed by atoms with Crippen LogP contribution in [0.5, 0.6) is 0 Å². The topological polar surface area (TPSA) is 42.7 Å². The molecule has 17 heavy (non-hydrogen) atoms. The van der Waals surface area contributed by atoms with Crippen LogP contribution in [-0.2, 0) is 6.54 Å². The Morgan fingerprint density at radius 2 is 2.29 bits per heavy atom. The summed E-state index contributed by atoms with van der Waals surface area (Å²) in [6.07, 6.45) is 5.24. The number of nitrogens with zero attached hydrogens (tertiary/aromatic N) is 3. The van der Waals surface area contributed by atoms with Crippen LogP contribution >= 0.6 is 0 Å². The summed E-state index contributed by atoms with van der Waals surface area (Å²) in [5.41, 5.74) is 0. The van der Waals surface area contributed by atoms with Crippen LogP contribution in [0.3, 0.4) is 0 Å². The Labute approximate surface area is 99.5 Å². The molecule has 0 aromatic carbocycles. The second-order valence-electron chi connectivity index (χ2n) is 4.05. The zero-order valence-corrected chi connectivity index (χ0v) is 9.68. The fourth-order valence-corrected chi connectivity index (χ4v) is 1.58. The number of nitrogens with one attached hydrogen (secondary N) is 1. The molecule has 2 aromatic heterocycles. The molecule has 0 aliphatic rings. The largest absolute Gasteiger partial charge is 0.367 e. The first kappa shape index (κ1) is 11.6. The summed E-state index contributed by atoms with van der Waals surface area (Å²) in [4.78, 5) is 3.94. The average molecular weight is 234 g/mol. The van der Waals surface area contributed by atoms with Gasteiger partial charge in [0.25, 0.3) is 0 Å². The van der Waals surface area contributed by atoms with Crippen molar-refractivity contribution < 1.29 is 4.39 Å². The van der Waals surface area contributed by atoms with Crippen molar-refractivity contribution in [2.24, 2.45) is 5.92 Å². The maximum absolute atomic E-state index is 13.3. The lowest BCUT2D eigenvalue weighted by Gasteiger charge is -2.13. The molecule has 0 fully saturated rings. The molecule has 0 spiro atoms. The molecular formula is C12H15FN4. The van der Waals surface area contributed by atoms with Gasteiger partial charge < -0.3 is 5.32 Å². The number of anilines is 1. The summed E-state index contributed by atoms with van der Waals surface area (Å²) in [6, 6.07) is 4.86. The van der Waals surface area contributed by atoms with Gasteiger partial charge in [0.1, 0.15) is 0 Å². The van der Waals surface area contributed by atoms with Crippen molar-refractivity contribution >= 4 is 5.82 Å². The summed E-state index contributed by atoms with van der Waals surface area (Å²) < 4.78 is 15.1. The van der Waals surface area contributed by atoms with Crippen LogP contribution in [0.15, 0.2) is 36.8 Å². The predicted molar refractivity (Wildman–Crippen MR) is 64.1 cm³/mol. The van der Waals surface area contributed by atoms with Gasteiger partial charge in [-0.2, -0.15) is 5.10 Å². The third-order valence-electron chi connectivity index (χ3n) is 2.43. The zero-order chi connectivity index (χ0) is 12.1. The van der Waals surface area contributed by atoms with Crippen LogP contribution in [-0.4, -0.2) is 21.3 Å². The number of hydrogen-bond donors (Lipinski definition) is 1. The minimum absolute atomic E-state index is 0.305. The zero-order valence-electron chi connectivity index (χ0n) is 9.68. The molecule has 0 bridgehead atoms. The second-order valence-corrected chi connectivity index (χ2v) is 4.05. The van der Waals surface area contributed by atoms with Crippen molar-refractivity contribution in [3.8, 4) is 0 Å². The van der Waals surface area contributed by atoms with Crippen LogP contribution in [0.25, 0.3) is 0 Å². The second kappa shape index (κ2) is 5.43. The molecule has 0 amide bonds. The summed E-state index contributed by atoms with van der Waals surface area (Å²) in [5.74, 6) is 0.329. The van der Waals surface area contributed by atoms with E-state index in [9.17, 15) is 4.39 Å². The number of pyridine rings is 1. The molecule has 2 rings (SSSR count). The van der Waals surface area contributed by atoms with E-state index in [4.69, 9.17) is 0 Å². The summed E-state index contributed by atoms with van der Waals surface area (Å²) in [5, 5.41) is 7.13. The lowest BCUT2D eigenvalue weighted by molar-refractivity contribution is 0.466. The van der Waals surface area contributed by atoms with E-state index in [0.29, 0.717) is 18.3 Å². The number of rotatable bonds is 5. The van der Waals surface area contributed by atoms with Gasteiger partial charge in [-0.25, -0.2) is 9.37 Å². The van der Waals surface area contributed by atoms with Crippen molar-refractivity contribution in [3.63, 3.8) is 0 Å². The monoisotopic (exact) mass is 234 g/mol. The highest BCUT2D eigenvalue weighted by Gasteiger charge is 2.06. The molecule has 0 saturated carbocycles. The SMILES string of the molecule is CC(CNc1ncccc1F)Cn1cccn1. The Morgan fingerprint density at radius 1 is 1.41 bits per heavy atom. The molecule has 1 N–H and O–H groups in total. The van der Waals surface area contributed by atoms with Crippen LogP contribution in [0.4, 0.5) is 10.2 Å². The van der Waals surface area contributed by atoms with E-state index >= 15 is 0 Å². The van der Waals surface area contributed by atoms with Crippen molar-refractivity contribution in [2.45, 2.75) is 13.5 Å². The number of aromatic nitrogens is 3. The Morgan fingerprint density at radius 3 is 3.00 bits per heavy atom. The lowest BCUT2D eigenvalue weighted by Crippen LogP contribution is -2.18. The first-order chi connectivity index (χ1) is 8.25. The van der Waals surface area contributed by atoms with Gasteiger partial charge in [0, 0.05) is 31.7 Å². The van der Waals surface area contributed by atoms with Crippen molar-refractivity contribution in [1.29, 1.82) is 0 Å². The summed E-state index contributed by atoms with van der Waals surface area (Å²) >= 11 is 0. The normalized spacial score (nSPS) is 12.4. The molecule has 0 aliphatic heterocycles. The van der Waals surface area contributed by atoms with Gasteiger partial charge in [0.2, 0.25) is 0 Å². The molecular weight excluding hydrogens is 219 g/mol. The van der Waals surface area contributed by atoms with Crippen LogP contribution < -0.4 is 5.32 Å². The van der Waals surface area contributed by atoms with Crippen molar-refractivity contribution in [2.75, 3.05) is 11.9 Å². The maximum atomic E-state index is 13.3. The number of hydrogen-bond acceptors (Lipinski definition) is 3. The van der Waals surface area contributed by atoms with E-state index in [0.717, 1.165) is 6.54 Å². The van der Waals surface area contributed by atoms with Gasteiger partial charge in [-0.05, 0) is 24.1 Å². The van der Waals surface area contributed by atoms with E-state index in [1.165, 1.54) is 6.07 Å². The fraction of sp³-hybridized carbons (Fsp3) is 0.333. The van der Waals surface area contributed by atoms with Gasteiger partial charge >= 0.3 is 0 Å². The van der Waals surface area contributed by atoms with Crippen LogP contribution in [0, 0.1) is 11.7 Å². The standard InChI is InChI=1S/C12H15FN4/c1-10(9-17-7-3-6-16-17)8-15-12-11(13)4-2-5-14-12/h2-7,10H,8-9H2,1H3,(H,14,15). The molecule has 5 heteroatoms. The highest BCUT2D eigenvalue weighted by atomic mass is 19.1. The third-order valence-corrected chi connectivity index (χ3v) is 2.43. The summed E-state index contributed by atoms with van der Waals surface area (Å²) in [6.45, 7) is 3.54. The Hall–Kier alpha value is -1.91. The number of halogens is 1. The van der Waals surface area contributed by atoms with E-state index < -0.39 is 0 Å². The van der Waals surface area contributed by atoms with Crippen molar-refractivity contribution in [1.82, 2.24) is 14.8 Å². The van der Waals surface area contributed by atoms with Crippen LogP contribution in [0.1, 0.15) is 6.92 Å². The van der Waals surface area contributed by atoms with E-state index in [1.807, 2.05) is 16.9 Å². The lowest BCUT2D eigenvalue weighted by atomic mass is 10.2. The molecule has 2 aromatic rings. The Balaban J connectivity index is 1.84. The predicted octanol–water partition coefficient (Wildman–Crippen LogP) is 2.17. The average Bonchev–Trinajstić information content (AvgIpc) is 2.81. The molecule has 0 aliphatic carbocycles. The van der Waals surface area contributed by atoms with Gasteiger partial charge in [-0.1, -0.05) is 6.92 Å². The molecule has 2 heterocycles. The molecule has 1 unspecified atom stereocenters.